The van der Waals surface area contributed by atoms with E-state index in [1.807, 2.05) is 38.2 Å². The fourth-order valence-electron chi connectivity index (χ4n) is 3.61. The standard InChI is InChI=1S/C26H40N2O4/c1-5-11-22(18-24(29)28-23-13-10-8-9-12-21(23)7-3)20(6-2)15-14-19(4)26(32)27-17-16-25(30)31/h6,9-10,12-15,19,22,26-27,32H,5,7-8,11,16-18H2,1-4H3,(H,28,29)(H,30,31)/b15-14-,20-6+. The first kappa shape index (κ1) is 27.6. The number of carbonyl (C=O) groups is 2. The van der Waals surface area contributed by atoms with Gasteiger partial charge in [0.1, 0.15) is 6.23 Å². The van der Waals surface area contributed by atoms with Crippen molar-refractivity contribution in [1.29, 1.82) is 0 Å². The number of aliphatic hydroxyl groups excluding tert-OH is 1. The van der Waals surface area contributed by atoms with E-state index in [1.54, 1.807) is 0 Å². The Hall–Kier alpha value is -2.44. The Morgan fingerprint density at radius 2 is 1.94 bits per heavy atom. The van der Waals surface area contributed by atoms with Crippen LogP contribution in [0, 0.1) is 11.8 Å². The molecular formula is C26H40N2O4. The van der Waals surface area contributed by atoms with E-state index in [1.165, 1.54) is 0 Å². The number of amides is 1. The SMILES string of the molecule is C/C=C(\C=C/C(C)C(O)NCCC(=O)O)C(CCC)CC(=O)NC1=C(CC)C=CCC=C1. The number of hydrogen-bond acceptors (Lipinski definition) is 4. The second-order valence-electron chi connectivity index (χ2n) is 8.12. The number of hydrogen-bond donors (Lipinski definition) is 4. The molecule has 32 heavy (non-hydrogen) atoms. The number of carboxylic acid groups (broad SMARTS) is 1. The van der Waals surface area contributed by atoms with Gasteiger partial charge in [0.2, 0.25) is 5.91 Å². The lowest BCUT2D eigenvalue weighted by molar-refractivity contribution is -0.137. The van der Waals surface area contributed by atoms with Gasteiger partial charge in [-0.25, -0.2) is 0 Å². The summed E-state index contributed by atoms with van der Waals surface area (Å²) in [6.07, 6.45) is 17.2. The number of aliphatic carboxylic acids is 1. The molecule has 0 bridgehead atoms. The van der Waals surface area contributed by atoms with Crippen LogP contribution < -0.4 is 10.6 Å². The van der Waals surface area contributed by atoms with Crippen LogP contribution in [-0.4, -0.2) is 34.9 Å². The molecular weight excluding hydrogens is 404 g/mol. The Bertz CT molecular complexity index is 762. The normalized spacial score (nSPS) is 17.3. The predicted octanol–water partition coefficient (Wildman–Crippen LogP) is 4.61. The van der Waals surface area contributed by atoms with E-state index in [2.05, 4.69) is 42.7 Å². The molecule has 4 N–H and O–H groups in total. The van der Waals surface area contributed by atoms with Gasteiger partial charge in [0.05, 0.1) is 6.42 Å². The molecule has 0 aromatic heterocycles. The number of carbonyl (C=O) groups excluding carboxylic acids is 1. The summed E-state index contributed by atoms with van der Waals surface area (Å²) in [6.45, 7) is 8.23. The summed E-state index contributed by atoms with van der Waals surface area (Å²) in [7, 11) is 0. The van der Waals surface area contributed by atoms with Gasteiger partial charge in [-0.3, -0.25) is 14.9 Å². The molecule has 0 heterocycles. The highest BCUT2D eigenvalue weighted by atomic mass is 16.4. The van der Waals surface area contributed by atoms with Gasteiger partial charge < -0.3 is 15.5 Å². The van der Waals surface area contributed by atoms with Crippen molar-refractivity contribution in [3.8, 4) is 0 Å². The van der Waals surface area contributed by atoms with Gasteiger partial charge in [-0.1, -0.05) is 63.6 Å². The minimum absolute atomic E-state index is 0.000482. The van der Waals surface area contributed by atoms with Crippen molar-refractivity contribution < 1.29 is 19.8 Å². The van der Waals surface area contributed by atoms with Crippen molar-refractivity contribution in [2.24, 2.45) is 11.8 Å². The predicted molar refractivity (Wildman–Crippen MR) is 130 cm³/mol. The second-order valence-corrected chi connectivity index (χ2v) is 8.12. The second kappa shape index (κ2) is 15.4. The molecule has 0 aromatic carbocycles. The van der Waals surface area contributed by atoms with Crippen LogP contribution in [0.1, 0.15) is 66.2 Å². The maximum atomic E-state index is 12.9. The fourth-order valence-corrected chi connectivity index (χ4v) is 3.61. The van der Waals surface area contributed by atoms with Crippen molar-refractivity contribution in [3.63, 3.8) is 0 Å². The molecule has 0 saturated carbocycles. The van der Waals surface area contributed by atoms with Gasteiger partial charge >= 0.3 is 5.97 Å². The topological polar surface area (TPSA) is 98.7 Å². The number of nitrogens with one attached hydrogen (secondary N) is 2. The van der Waals surface area contributed by atoms with Crippen molar-refractivity contribution in [2.75, 3.05) is 6.54 Å². The number of carboxylic acids is 1. The highest BCUT2D eigenvalue weighted by Gasteiger charge is 2.18. The summed E-state index contributed by atoms with van der Waals surface area (Å²) in [5, 5.41) is 24.8. The summed E-state index contributed by atoms with van der Waals surface area (Å²) in [6, 6.07) is 0. The summed E-state index contributed by atoms with van der Waals surface area (Å²) in [5.74, 6) is -1.01. The van der Waals surface area contributed by atoms with Crippen LogP contribution in [0.3, 0.4) is 0 Å². The largest absolute Gasteiger partial charge is 0.481 e. The molecule has 0 saturated heterocycles. The molecule has 3 atom stereocenters. The Morgan fingerprint density at radius 1 is 1.22 bits per heavy atom. The molecule has 1 rings (SSSR count). The summed E-state index contributed by atoms with van der Waals surface area (Å²) in [5.41, 5.74) is 3.07. The van der Waals surface area contributed by atoms with Crippen molar-refractivity contribution in [2.45, 2.75) is 72.4 Å². The number of allylic oxidation sites excluding steroid dienone is 8. The summed E-state index contributed by atoms with van der Waals surface area (Å²) < 4.78 is 0. The third-order valence-electron chi connectivity index (χ3n) is 5.53. The molecule has 3 unspecified atom stereocenters. The first-order chi connectivity index (χ1) is 15.3. The summed E-state index contributed by atoms with van der Waals surface area (Å²) in [4.78, 5) is 23.5. The molecule has 0 aliphatic heterocycles. The zero-order valence-electron chi connectivity index (χ0n) is 19.9. The van der Waals surface area contributed by atoms with E-state index >= 15 is 0 Å². The minimum Gasteiger partial charge on any atom is -0.481 e. The first-order valence-corrected chi connectivity index (χ1v) is 11.7. The maximum absolute atomic E-state index is 12.9. The van der Waals surface area contributed by atoms with E-state index < -0.39 is 12.2 Å². The van der Waals surface area contributed by atoms with Crippen molar-refractivity contribution in [1.82, 2.24) is 10.6 Å². The number of aliphatic hydroxyl groups is 1. The Morgan fingerprint density at radius 3 is 2.56 bits per heavy atom. The Labute approximate surface area is 192 Å². The highest BCUT2D eigenvalue weighted by molar-refractivity contribution is 5.79. The fraction of sp³-hybridized carbons (Fsp3) is 0.538. The maximum Gasteiger partial charge on any atom is 0.304 e. The lowest BCUT2D eigenvalue weighted by Gasteiger charge is -2.20. The van der Waals surface area contributed by atoms with Crippen LogP contribution in [0.5, 0.6) is 0 Å². The Kier molecular flexibility index (Phi) is 13.3. The van der Waals surface area contributed by atoms with Gasteiger partial charge in [-0.15, -0.1) is 0 Å². The molecule has 1 aliphatic rings. The molecule has 0 radical (unpaired) electrons. The molecule has 6 nitrogen and oxygen atoms in total. The zero-order valence-corrected chi connectivity index (χ0v) is 19.9. The quantitative estimate of drug-likeness (QED) is 0.232. The van der Waals surface area contributed by atoms with Crippen LogP contribution in [0.2, 0.25) is 0 Å². The third kappa shape index (κ3) is 10.2. The monoisotopic (exact) mass is 444 g/mol. The number of rotatable bonds is 14. The van der Waals surface area contributed by atoms with Crippen LogP contribution in [0.4, 0.5) is 0 Å². The van der Waals surface area contributed by atoms with Gasteiger partial charge in [0.25, 0.3) is 0 Å². The minimum atomic E-state index is -0.901. The van der Waals surface area contributed by atoms with E-state index in [0.29, 0.717) is 6.42 Å². The first-order valence-electron chi connectivity index (χ1n) is 11.7. The Balaban J connectivity index is 2.79. The molecule has 0 fully saturated rings. The molecule has 6 heteroatoms. The van der Waals surface area contributed by atoms with Crippen molar-refractivity contribution >= 4 is 11.9 Å². The van der Waals surface area contributed by atoms with Crippen LogP contribution in [0.25, 0.3) is 0 Å². The third-order valence-corrected chi connectivity index (χ3v) is 5.53. The lowest BCUT2D eigenvalue weighted by atomic mass is 9.89. The smallest absolute Gasteiger partial charge is 0.304 e. The van der Waals surface area contributed by atoms with Gasteiger partial charge in [0, 0.05) is 24.6 Å². The van der Waals surface area contributed by atoms with Crippen molar-refractivity contribution in [3.05, 3.63) is 59.4 Å². The average Bonchev–Trinajstić information content (AvgIpc) is 2.98. The van der Waals surface area contributed by atoms with Gasteiger partial charge in [-0.05, 0) is 49.3 Å². The highest BCUT2D eigenvalue weighted by Crippen LogP contribution is 2.24. The van der Waals surface area contributed by atoms with Crippen LogP contribution >= 0.6 is 0 Å². The molecule has 1 aliphatic carbocycles. The van der Waals surface area contributed by atoms with Gasteiger partial charge in [-0.2, -0.15) is 0 Å². The lowest BCUT2D eigenvalue weighted by Crippen LogP contribution is -2.35. The van der Waals surface area contributed by atoms with E-state index in [4.69, 9.17) is 5.11 Å². The van der Waals surface area contributed by atoms with Crippen LogP contribution in [0.15, 0.2) is 59.4 Å². The van der Waals surface area contributed by atoms with E-state index in [-0.39, 0.29) is 30.7 Å². The average molecular weight is 445 g/mol. The molecule has 178 valence electrons. The zero-order chi connectivity index (χ0) is 23.9. The molecule has 1 amide bonds. The van der Waals surface area contributed by atoms with Gasteiger partial charge in [0.15, 0.2) is 0 Å². The van der Waals surface area contributed by atoms with Crippen LogP contribution in [-0.2, 0) is 9.59 Å². The van der Waals surface area contributed by atoms with E-state index in [9.17, 15) is 14.7 Å². The molecule has 0 spiro atoms. The van der Waals surface area contributed by atoms with E-state index in [0.717, 1.165) is 42.5 Å². The molecule has 0 aromatic rings. The summed E-state index contributed by atoms with van der Waals surface area (Å²) >= 11 is 0.